The zero-order valence-corrected chi connectivity index (χ0v) is 12.4. The highest BCUT2D eigenvalue weighted by atomic mass is 15.3. The van der Waals surface area contributed by atoms with Crippen molar-refractivity contribution >= 4 is 11.4 Å². The Bertz CT molecular complexity index is 375. The number of para-hydroxylation sites is 1. The van der Waals surface area contributed by atoms with Crippen LogP contribution in [0.1, 0.15) is 31.7 Å². The highest BCUT2D eigenvalue weighted by Crippen LogP contribution is 2.28. The molecule has 0 radical (unpaired) electrons. The molecule has 0 unspecified atom stereocenters. The number of rotatable bonds is 5. The SMILES string of the molecule is CCCCCN1CCN(c2c(C)cccc2N)CC1. The van der Waals surface area contributed by atoms with Crippen LogP contribution in [-0.2, 0) is 0 Å². The number of benzene rings is 1. The summed E-state index contributed by atoms with van der Waals surface area (Å²) in [5.74, 6) is 0. The largest absolute Gasteiger partial charge is 0.397 e. The molecule has 0 amide bonds. The van der Waals surface area contributed by atoms with Crippen molar-refractivity contribution in [2.24, 2.45) is 0 Å². The number of hydrogen-bond donors (Lipinski definition) is 1. The average molecular weight is 261 g/mol. The number of nitrogen functional groups attached to an aromatic ring is 1. The molecule has 1 fully saturated rings. The van der Waals surface area contributed by atoms with Crippen LogP contribution in [0.5, 0.6) is 0 Å². The number of aryl methyl sites for hydroxylation is 1. The molecule has 19 heavy (non-hydrogen) atoms. The van der Waals surface area contributed by atoms with Crippen LogP contribution in [0, 0.1) is 6.92 Å². The van der Waals surface area contributed by atoms with Crippen molar-refractivity contribution in [3.63, 3.8) is 0 Å². The third-order valence-corrected chi connectivity index (χ3v) is 4.04. The summed E-state index contributed by atoms with van der Waals surface area (Å²) in [6.45, 7) is 10.2. The van der Waals surface area contributed by atoms with E-state index >= 15 is 0 Å². The third kappa shape index (κ3) is 3.63. The number of unbranched alkanes of at least 4 members (excludes halogenated alkanes) is 2. The van der Waals surface area contributed by atoms with Gasteiger partial charge in [-0.05, 0) is 31.5 Å². The van der Waals surface area contributed by atoms with Crippen LogP contribution in [0.2, 0.25) is 0 Å². The minimum atomic E-state index is 0.916. The molecule has 1 aliphatic rings. The monoisotopic (exact) mass is 261 g/mol. The van der Waals surface area contributed by atoms with E-state index in [0.29, 0.717) is 0 Å². The Morgan fingerprint density at radius 3 is 2.47 bits per heavy atom. The molecule has 3 nitrogen and oxygen atoms in total. The second-order valence-electron chi connectivity index (χ2n) is 5.55. The number of nitrogens with zero attached hydrogens (tertiary/aromatic N) is 2. The lowest BCUT2D eigenvalue weighted by Gasteiger charge is -2.37. The number of anilines is 2. The van der Waals surface area contributed by atoms with Crippen LogP contribution in [-0.4, -0.2) is 37.6 Å². The summed E-state index contributed by atoms with van der Waals surface area (Å²) >= 11 is 0. The second kappa shape index (κ2) is 6.80. The van der Waals surface area contributed by atoms with E-state index in [1.54, 1.807) is 0 Å². The normalized spacial score (nSPS) is 16.8. The van der Waals surface area contributed by atoms with E-state index in [9.17, 15) is 0 Å². The first-order valence-corrected chi connectivity index (χ1v) is 7.54. The van der Waals surface area contributed by atoms with Gasteiger partial charge in [-0.2, -0.15) is 0 Å². The number of hydrogen-bond acceptors (Lipinski definition) is 3. The minimum Gasteiger partial charge on any atom is -0.397 e. The van der Waals surface area contributed by atoms with E-state index < -0.39 is 0 Å². The fourth-order valence-electron chi connectivity index (χ4n) is 2.89. The van der Waals surface area contributed by atoms with Gasteiger partial charge in [-0.1, -0.05) is 31.9 Å². The first-order valence-electron chi connectivity index (χ1n) is 7.54. The quantitative estimate of drug-likeness (QED) is 0.653. The lowest BCUT2D eigenvalue weighted by Crippen LogP contribution is -2.47. The molecule has 2 N–H and O–H groups in total. The first kappa shape index (κ1) is 14.2. The fraction of sp³-hybridized carbons (Fsp3) is 0.625. The van der Waals surface area contributed by atoms with Crippen LogP contribution in [0.4, 0.5) is 11.4 Å². The van der Waals surface area contributed by atoms with Crippen molar-refractivity contribution in [1.29, 1.82) is 0 Å². The van der Waals surface area contributed by atoms with Gasteiger partial charge in [0, 0.05) is 26.2 Å². The Morgan fingerprint density at radius 2 is 1.84 bits per heavy atom. The predicted octanol–water partition coefficient (Wildman–Crippen LogP) is 2.89. The highest BCUT2D eigenvalue weighted by molar-refractivity contribution is 5.71. The molecule has 0 bridgehead atoms. The summed E-state index contributed by atoms with van der Waals surface area (Å²) in [5.41, 5.74) is 9.58. The zero-order chi connectivity index (χ0) is 13.7. The van der Waals surface area contributed by atoms with Gasteiger partial charge in [0.05, 0.1) is 11.4 Å². The van der Waals surface area contributed by atoms with Gasteiger partial charge in [-0.15, -0.1) is 0 Å². The van der Waals surface area contributed by atoms with E-state index in [-0.39, 0.29) is 0 Å². The average Bonchev–Trinajstić information content (AvgIpc) is 2.40. The molecule has 3 heteroatoms. The second-order valence-corrected chi connectivity index (χ2v) is 5.55. The van der Waals surface area contributed by atoms with Crippen molar-refractivity contribution < 1.29 is 0 Å². The molecule has 1 aliphatic heterocycles. The molecule has 0 saturated carbocycles. The number of piperazine rings is 1. The molecule has 106 valence electrons. The Labute approximate surface area is 117 Å². The van der Waals surface area contributed by atoms with Crippen LogP contribution in [0.15, 0.2) is 18.2 Å². The van der Waals surface area contributed by atoms with Gasteiger partial charge in [0.1, 0.15) is 0 Å². The van der Waals surface area contributed by atoms with Crippen molar-refractivity contribution in [2.45, 2.75) is 33.1 Å². The number of nitrogens with two attached hydrogens (primary N) is 1. The lowest BCUT2D eigenvalue weighted by molar-refractivity contribution is 0.252. The van der Waals surface area contributed by atoms with Gasteiger partial charge in [0.15, 0.2) is 0 Å². The Morgan fingerprint density at radius 1 is 1.11 bits per heavy atom. The predicted molar refractivity (Wildman–Crippen MR) is 83.8 cm³/mol. The summed E-state index contributed by atoms with van der Waals surface area (Å²) in [6, 6.07) is 6.20. The summed E-state index contributed by atoms with van der Waals surface area (Å²) in [7, 11) is 0. The van der Waals surface area contributed by atoms with Crippen LogP contribution < -0.4 is 10.6 Å². The molecule has 0 aromatic heterocycles. The van der Waals surface area contributed by atoms with Crippen LogP contribution >= 0.6 is 0 Å². The van der Waals surface area contributed by atoms with E-state index in [1.807, 2.05) is 12.1 Å². The van der Waals surface area contributed by atoms with E-state index in [0.717, 1.165) is 31.9 Å². The summed E-state index contributed by atoms with van der Waals surface area (Å²) in [5, 5.41) is 0. The highest BCUT2D eigenvalue weighted by Gasteiger charge is 2.19. The van der Waals surface area contributed by atoms with Crippen LogP contribution in [0.3, 0.4) is 0 Å². The molecule has 2 rings (SSSR count). The standard InChI is InChI=1S/C16H27N3/c1-3-4-5-9-18-10-12-19(13-11-18)16-14(2)7-6-8-15(16)17/h6-8H,3-5,9-13,17H2,1-2H3. The van der Waals surface area contributed by atoms with Crippen molar-refractivity contribution in [1.82, 2.24) is 4.90 Å². The molecular formula is C16H27N3. The Kier molecular flexibility index (Phi) is 5.08. The molecular weight excluding hydrogens is 234 g/mol. The Balaban J connectivity index is 1.89. The van der Waals surface area contributed by atoms with Crippen molar-refractivity contribution in [3.8, 4) is 0 Å². The van der Waals surface area contributed by atoms with Crippen LogP contribution in [0.25, 0.3) is 0 Å². The Hall–Kier alpha value is -1.22. The summed E-state index contributed by atoms with van der Waals surface area (Å²) < 4.78 is 0. The van der Waals surface area contributed by atoms with Gasteiger partial charge in [-0.3, -0.25) is 4.90 Å². The van der Waals surface area contributed by atoms with Gasteiger partial charge in [0.25, 0.3) is 0 Å². The molecule has 0 atom stereocenters. The summed E-state index contributed by atoms with van der Waals surface area (Å²) in [4.78, 5) is 5.03. The topological polar surface area (TPSA) is 32.5 Å². The first-order chi connectivity index (χ1) is 9.22. The molecule has 1 saturated heterocycles. The van der Waals surface area contributed by atoms with Gasteiger partial charge in [0.2, 0.25) is 0 Å². The maximum atomic E-state index is 6.13. The summed E-state index contributed by atoms with van der Waals surface area (Å²) in [6.07, 6.45) is 3.99. The smallest absolute Gasteiger partial charge is 0.0630 e. The molecule has 1 aromatic carbocycles. The van der Waals surface area contributed by atoms with E-state index in [4.69, 9.17) is 5.73 Å². The minimum absolute atomic E-state index is 0.916. The lowest BCUT2D eigenvalue weighted by atomic mass is 10.1. The van der Waals surface area contributed by atoms with Gasteiger partial charge in [-0.25, -0.2) is 0 Å². The van der Waals surface area contributed by atoms with Crippen molar-refractivity contribution in [3.05, 3.63) is 23.8 Å². The maximum absolute atomic E-state index is 6.13. The van der Waals surface area contributed by atoms with E-state index in [1.165, 1.54) is 37.1 Å². The van der Waals surface area contributed by atoms with Gasteiger partial charge < -0.3 is 10.6 Å². The van der Waals surface area contributed by atoms with E-state index in [2.05, 4.69) is 29.7 Å². The van der Waals surface area contributed by atoms with Gasteiger partial charge >= 0.3 is 0 Å². The van der Waals surface area contributed by atoms with Crippen molar-refractivity contribution in [2.75, 3.05) is 43.4 Å². The molecule has 0 spiro atoms. The maximum Gasteiger partial charge on any atom is 0.0630 e. The molecule has 1 heterocycles. The fourth-order valence-corrected chi connectivity index (χ4v) is 2.89. The molecule has 1 aromatic rings. The third-order valence-electron chi connectivity index (χ3n) is 4.04. The zero-order valence-electron chi connectivity index (χ0n) is 12.4. The molecule has 0 aliphatic carbocycles.